The summed E-state index contributed by atoms with van der Waals surface area (Å²) in [6, 6.07) is 11.1. The Kier molecular flexibility index (Phi) is 2.97. The third-order valence-corrected chi connectivity index (χ3v) is 5.32. The monoisotopic (exact) mass is 302 g/mol. The summed E-state index contributed by atoms with van der Waals surface area (Å²) in [5.41, 5.74) is 3.75. The minimum absolute atomic E-state index is 0.388. The minimum Gasteiger partial charge on any atom is -0.378 e. The standard InChI is InChI=1S/C16H15ClN2S/c17-16-9-12-14(2-1-3-15(12)20-16)19-11-4-5-13-10(8-11)6-7-18-13/h4-9,14,18-19H,1-3H2. The van der Waals surface area contributed by atoms with Crippen LogP contribution in [0, 0.1) is 0 Å². The molecule has 2 nitrogen and oxygen atoms in total. The van der Waals surface area contributed by atoms with Crippen LogP contribution >= 0.6 is 22.9 Å². The van der Waals surface area contributed by atoms with Gasteiger partial charge in [-0.1, -0.05) is 11.6 Å². The fraction of sp³-hybridized carbons (Fsp3) is 0.250. The van der Waals surface area contributed by atoms with Crippen LogP contribution in [-0.2, 0) is 6.42 Å². The van der Waals surface area contributed by atoms with E-state index in [0.29, 0.717) is 6.04 Å². The number of aromatic amines is 1. The van der Waals surface area contributed by atoms with Crippen molar-refractivity contribution in [3.05, 3.63) is 51.3 Å². The maximum Gasteiger partial charge on any atom is 0.0934 e. The van der Waals surface area contributed by atoms with Gasteiger partial charge in [-0.25, -0.2) is 0 Å². The van der Waals surface area contributed by atoms with Crippen LogP contribution in [-0.4, -0.2) is 4.98 Å². The lowest BCUT2D eigenvalue weighted by atomic mass is 9.94. The van der Waals surface area contributed by atoms with E-state index in [1.165, 1.54) is 46.3 Å². The summed E-state index contributed by atoms with van der Waals surface area (Å²) in [6.45, 7) is 0. The zero-order valence-corrected chi connectivity index (χ0v) is 12.5. The predicted octanol–water partition coefficient (Wildman–Crippen LogP) is 5.37. The van der Waals surface area contributed by atoms with E-state index in [9.17, 15) is 0 Å². The van der Waals surface area contributed by atoms with Crippen LogP contribution in [0.4, 0.5) is 5.69 Å². The smallest absolute Gasteiger partial charge is 0.0934 e. The first kappa shape index (κ1) is 12.3. The van der Waals surface area contributed by atoms with Gasteiger partial charge in [0.15, 0.2) is 0 Å². The molecular formula is C16H15ClN2S. The van der Waals surface area contributed by atoms with Gasteiger partial charge in [-0.15, -0.1) is 11.3 Å². The lowest BCUT2D eigenvalue weighted by Gasteiger charge is -2.24. The number of fused-ring (bicyclic) bond motifs is 2. The number of H-pyrrole nitrogens is 1. The van der Waals surface area contributed by atoms with Crippen LogP contribution in [0.3, 0.4) is 0 Å². The molecule has 0 bridgehead atoms. The molecule has 0 saturated heterocycles. The predicted molar refractivity (Wildman–Crippen MR) is 86.9 cm³/mol. The summed E-state index contributed by atoms with van der Waals surface area (Å²) in [5.74, 6) is 0. The van der Waals surface area contributed by atoms with Crippen LogP contribution in [0.5, 0.6) is 0 Å². The molecule has 0 radical (unpaired) electrons. The number of anilines is 1. The first-order valence-electron chi connectivity index (χ1n) is 6.91. The van der Waals surface area contributed by atoms with E-state index in [1.54, 1.807) is 11.3 Å². The van der Waals surface area contributed by atoms with Crippen LogP contribution in [0.2, 0.25) is 4.34 Å². The molecule has 4 heteroatoms. The molecule has 3 aromatic rings. The van der Waals surface area contributed by atoms with Crippen LogP contribution in [0.15, 0.2) is 36.5 Å². The Morgan fingerprint density at radius 3 is 3.15 bits per heavy atom. The number of thiophene rings is 1. The van der Waals surface area contributed by atoms with Gasteiger partial charge in [0, 0.05) is 27.7 Å². The van der Waals surface area contributed by atoms with Gasteiger partial charge in [-0.05, 0) is 55.2 Å². The van der Waals surface area contributed by atoms with Crippen LogP contribution in [0.25, 0.3) is 10.9 Å². The lowest BCUT2D eigenvalue weighted by Crippen LogP contribution is -2.15. The molecule has 4 rings (SSSR count). The number of nitrogens with one attached hydrogen (secondary N) is 2. The highest BCUT2D eigenvalue weighted by atomic mass is 35.5. The summed E-state index contributed by atoms with van der Waals surface area (Å²) in [6.07, 6.45) is 5.55. The molecular weight excluding hydrogens is 288 g/mol. The Hall–Kier alpha value is -1.45. The van der Waals surface area contributed by atoms with Gasteiger partial charge < -0.3 is 10.3 Å². The Balaban J connectivity index is 1.65. The molecule has 2 aromatic heterocycles. The number of aryl methyl sites for hydroxylation is 1. The largest absolute Gasteiger partial charge is 0.378 e. The van der Waals surface area contributed by atoms with Crippen molar-refractivity contribution < 1.29 is 0 Å². The maximum atomic E-state index is 6.17. The van der Waals surface area contributed by atoms with Crippen molar-refractivity contribution >= 4 is 39.5 Å². The molecule has 102 valence electrons. The average Bonchev–Trinajstić information content (AvgIpc) is 3.04. The van der Waals surface area contributed by atoms with E-state index in [2.05, 4.69) is 40.6 Å². The maximum absolute atomic E-state index is 6.17. The van der Waals surface area contributed by atoms with Gasteiger partial charge in [-0.2, -0.15) is 0 Å². The third kappa shape index (κ3) is 2.11. The molecule has 0 saturated carbocycles. The van der Waals surface area contributed by atoms with Gasteiger partial charge in [0.1, 0.15) is 0 Å². The van der Waals surface area contributed by atoms with E-state index in [0.717, 1.165) is 4.34 Å². The SMILES string of the molecule is Clc1cc2c(s1)CCCC2Nc1ccc2[nH]ccc2c1. The normalized spacial score (nSPS) is 18.1. The van der Waals surface area contributed by atoms with E-state index >= 15 is 0 Å². The van der Waals surface area contributed by atoms with E-state index in [1.807, 2.05) is 6.20 Å². The molecule has 2 N–H and O–H groups in total. The fourth-order valence-corrected chi connectivity index (χ4v) is 4.40. The van der Waals surface area contributed by atoms with Gasteiger partial charge in [-0.3, -0.25) is 0 Å². The summed E-state index contributed by atoms with van der Waals surface area (Å²) in [4.78, 5) is 4.67. The molecule has 1 aliphatic carbocycles. The second kappa shape index (κ2) is 4.83. The van der Waals surface area contributed by atoms with Gasteiger partial charge in [0.05, 0.1) is 10.4 Å². The lowest BCUT2D eigenvalue weighted by molar-refractivity contribution is 0.609. The zero-order valence-electron chi connectivity index (χ0n) is 10.9. The number of benzene rings is 1. The quantitative estimate of drug-likeness (QED) is 0.654. The van der Waals surface area contributed by atoms with E-state index in [4.69, 9.17) is 11.6 Å². The number of rotatable bonds is 2. The van der Waals surface area contributed by atoms with Gasteiger partial charge in [0.25, 0.3) is 0 Å². The molecule has 0 aliphatic heterocycles. The second-order valence-corrected chi connectivity index (χ2v) is 7.07. The summed E-state index contributed by atoms with van der Waals surface area (Å²) in [5, 5.41) is 4.91. The molecule has 0 fully saturated rings. The summed E-state index contributed by atoms with van der Waals surface area (Å²) < 4.78 is 0.907. The summed E-state index contributed by atoms with van der Waals surface area (Å²) >= 11 is 7.90. The van der Waals surface area contributed by atoms with Crippen molar-refractivity contribution in [2.45, 2.75) is 25.3 Å². The van der Waals surface area contributed by atoms with Crippen molar-refractivity contribution in [1.29, 1.82) is 0 Å². The molecule has 20 heavy (non-hydrogen) atoms. The number of hydrogen-bond acceptors (Lipinski definition) is 2. The van der Waals surface area contributed by atoms with Crippen molar-refractivity contribution in [3.8, 4) is 0 Å². The molecule has 2 heterocycles. The van der Waals surface area contributed by atoms with Crippen molar-refractivity contribution in [2.75, 3.05) is 5.32 Å². The molecule has 0 spiro atoms. The highest BCUT2D eigenvalue weighted by Gasteiger charge is 2.22. The molecule has 1 aromatic carbocycles. The average molecular weight is 303 g/mol. The second-order valence-electron chi connectivity index (χ2n) is 5.30. The Morgan fingerprint density at radius 2 is 2.20 bits per heavy atom. The van der Waals surface area contributed by atoms with Crippen molar-refractivity contribution in [3.63, 3.8) is 0 Å². The van der Waals surface area contributed by atoms with Crippen molar-refractivity contribution in [2.24, 2.45) is 0 Å². The fourth-order valence-electron chi connectivity index (χ4n) is 3.02. The number of hydrogen-bond donors (Lipinski definition) is 2. The number of halogens is 1. The third-order valence-electron chi connectivity index (χ3n) is 3.98. The Labute approximate surface area is 126 Å². The van der Waals surface area contributed by atoms with Crippen LogP contribution < -0.4 is 5.32 Å². The first-order valence-corrected chi connectivity index (χ1v) is 8.11. The Morgan fingerprint density at radius 1 is 1.25 bits per heavy atom. The molecule has 1 unspecified atom stereocenters. The van der Waals surface area contributed by atoms with Gasteiger partial charge >= 0.3 is 0 Å². The first-order chi connectivity index (χ1) is 9.79. The minimum atomic E-state index is 0.388. The highest BCUT2D eigenvalue weighted by molar-refractivity contribution is 7.16. The molecule has 0 amide bonds. The highest BCUT2D eigenvalue weighted by Crippen LogP contribution is 2.39. The zero-order chi connectivity index (χ0) is 13.5. The summed E-state index contributed by atoms with van der Waals surface area (Å²) in [7, 11) is 0. The van der Waals surface area contributed by atoms with Crippen molar-refractivity contribution in [1.82, 2.24) is 4.98 Å². The molecule has 1 atom stereocenters. The van der Waals surface area contributed by atoms with Crippen LogP contribution in [0.1, 0.15) is 29.3 Å². The van der Waals surface area contributed by atoms with E-state index in [-0.39, 0.29) is 0 Å². The topological polar surface area (TPSA) is 27.8 Å². The van der Waals surface area contributed by atoms with Gasteiger partial charge in [0.2, 0.25) is 0 Å². The molecule has 1 aliphatic rings. The number of aromatic nitrogens is 1. The Bertz CT molecular complexity index is 759. The van der Waals surface area contributed by atoms with E-state index < -0.39 is 0 Å².